The molecular formula is C9H19N3O3. The minimum absolute atomic E-state index is 0.00850. The van der Waals surface area contributed by atoms with Crippen LogP contribution in [-0.4, -0.2) is 54.7 Å². The van der Waals surface area contributed by atoms with Crippen molar-refractivity contribution in [1.82, 2.24) is 15.5 Å². The van der Waals surface area contributed by atoms with Gasteiger partial charge in [0.05, 0.1) is 12.6 Å². The number of carbonyl (C=O) groups is 2. The molecule has 0 bridgehead atoms. The number of amides is 3. The van der Waals surface area contributed by atoms with E-state index >= 15 is 0 Å². The average molecular weight is 217 g/mol. The third-order valence-corrected chi connectivity index (χ3v) is 2.18. The van der Waals surface area contributed by atoms with Gasteiger partial charge in [-0.05, 0) is 13.5 Å². The largest absolute Gasteiger partial charge is 0.395 e. The van der Waals surface area contributed by atoms with Gasteiger partial charge in [0.1, 0.15) is 0 Å². The highest BCUT2D eigenvalue weighted by molar-refractivity contribution is 5.96. The first-order chi connectivity index (χ1) is 7.06. The number of hydrogen-bond acceptors (Lipinski definition) is 4. The Bertz CT molecular complexity index is 221. The maximum absolute atomic E-state index is 11.5. The molecule has 0 fully saturated rings. The van der Waals surface area contributed by atoms with Crippen molar-refractivity contribution in [2.24, 2.45) is 0 Å². The van der Waals surface area contributed by atoms with Crippen molar-refractivity contribution in [2.75, 3.05) is 26.7 Å². The highest BCUT2D eigenvalue weighted by atomic mass is 16.3. The Morgan fingerprint density at radius 1 is 1.47 bits per heavy atom. The topological polar surface area (TPSA) is 81.7 Å². The summed E-state index contributed by atoms with van der Waals surface area (Å²) in [5.41, 5.74) is 0. The molecule has 6 heteroatoms. The summed E-state index contributed by atoms with van der Waals surface area (Å²) < 4.78 is 0. The van der Waals surface area contributed by atoms with E-state index in [1.807, 2.05) is 6.92 Å². The van der Waals surface area contributed by atoms with Gasteiger partial charge in [-0.2, -0.15) is 0 Å². The summed E-state index contributed by atoms with van der Waals surface area (Å²) in [4.78, 5) is 24.2. The number of aliphatic hydroxyl groups excluding tert-OH is 1. The lowest BCUT2D eigenvalue weighted by molar-refractivity contribution is -0.124. The van der Waals surface area contributed by atoms with Crippen LogP contribution in [0.25, 0.3) is 0 Å². The molecule has 0 radical (unpaired) electrons. The third kappa shape index (κ3) is 4.75. The van der Waals surface area contributed by atoms with Crippen molar-refractivity contribution >= 4 is 11.9 Å². The molecule has 1 atom stereocenters. The molecule has 0 aromatic heterocycles. The molecule has 0 rings (SSSR count). The van der Waals surface area contributed by atoms with E-state index in [4.69, 9.17) is 5.11 Å². The molecule has 88 valence electrons. The minimum Gasteiger partial charge on any atom is -0.395 e. The quantitative estimate of drug-likeness (QED) is 0.560. The zero-order chi connectivity index (χ0) is 11.8. The fourth-order valence-corrected chi connectivity index (χ4v) is 1.20. The first-order valence-corrected chi connectivity index (χ1v) is 4.94. The number of urea groups is 1. The standard InChI is InChI=1S/C9H19N3O3/c1-4-12(5-6-13)7(2)8(14)11-9(15)10-3/h7,13H,4-6H2,1-3H3,(H2,10,11,14,15). The van der Waals surface area contributed by atoms with E-state index in [-0.39, 0.29) is 12.5 Å². The first-order valence-electron chi connectivity index (χ1n) is 4.94. The molecule has 0 aliphatic carbocycles. The van der Waals surface area contributed by atoms with Crippen molar-refractivity contribution in [3.05, 3.63) is 0 Å². The Morgan fingerprint density at radius 2 is 2.07 bits per heavy atom. The molecule has 0 saturated heterocycles. The van der Waals surface area contributed by atoms with Gasteiger partial charge in [-0.15, -0.1) is 0 Å². The van der Waals surface area contributed by atoms with Gasteiger partial charge < -0.3 is 10.4 Å². The predicted molar refractivity (Wildman–Crippen MR) is 56.4 cm³/mol. The fraction of sp³-hybridized carbons (Fsp3) is 0.778. The molecule has 0 aliphatic rings. The lowest BCUT2D eigenvalue weighted by Gasteiger charge is -2.25. The van der Waals surface area contributed by atoms with E-state index in [1.165, 1.54) is 7.05 Å². The summed E-state index contributed by atoms with van der Waals surface area (Å²) in [5, 5.41) is 13.3. The van der Waals surface area contributed by atoms with Crippen LogP contribution in [0.15, 0.2) is 0 Å². The molecule has 0 saturated carbocycles. The molecule has 0 spiro atoms. The van der Waals surface area contributed by atoms with Gasteiger partial charge in [0.15, 0.2) is 0 Å². The van der Waals surface area contributed by atoms with Crippen molar-refractivity contribution in [1.29, 1.82) is 0 Å². The van der Waals surface area contributed by atoms with Crippen LogP contribution in [-0.2, 0) is 4.79 Å². The number of likely N-dealkylation sites (N-methyl/N-ethyl adjacent to an activating group) is 1. The molecule has 0 heterocycles. The summed E-state index contributed by atoms with van der Waals surface area (Å²) in [7, 11) is 1.44. The van der Waals surface area contributed by atoms with Gasteiger partial charge in [-0.1, -0.05) is 6.92 Å². The van der Waals surface area contributed by atoms with E-state index in [9.17, 15) is 9.59 Å². The van der Waals surface area contributed by atoms with Crippen LogP contribution in [0.5, 0.6) is 0 Å². The maximum Gasteiger partial charge on any atom is 0.321 e. The van der Waals surface area contributed by atoms with E-state index < -0.39 is 12.1 Å². The lowest BCUT2D eigenvalue weighted by atomic mass is 10.2. The van der Waals surface area contributed by atoms with Crippen LogP contribution in [0.1, 0.15) is 13.8 Å². The predicted octanol–water partition coefficient (Wildman–Crippen LogP) is -0.855. The number of carbonyl (C=O) groups excluding carboxylic acids is 2. The first kappa shape index (κ1) is 13.9. The van der Waals surface area contributed by atoms with E-state index in [0.717, 1.165) is 0 Å². The summed E-state index contributed by atoms with van der Waals surface area (Å²) in [6.07, 6.45) is 0. The normalized spacial score (nSPS) is 12.3. The van der Waals surface area contributed by atoms with Gasteiger partial charge in [-0.25, -0.2) is 4.79 Å². The number of nitrogens with one attached hydrogen (secondary N) is 2. The van der Waals surface area contributed by atoms with Crippen molar-refractivity contribution < 1.29 is 14.7 Å². The Hall–Kier alpha value is -1.14. The Kier molecular flexibility index (Phi) is 6.64. The van der Waals surface area contributed by atoms with E-state index in [2.05, 4.69) is 10.6 Å². The van der Waals surface area contributed by atoms with Crippen molar-refractivity contribution in [3.8, 4) is 0 Å². The molecule has 0 aliphatic heterocycles. The van der Waals surface area contributed by atoms with Gasteiger partial charge in [-0.3, -0.25) is 15.0 Å². The summed E-state index contributed by atoms with van der Waals surface area (Å²) in [6, 6.07) is -0.952. The zero-order valence-corrected chi connectivity index (χ0v) is 9.41. The van der Waals surface area contributed by atoms with Crippen LogP contribution in [0, 0.1) is 0 Å². The SMILES string of the molecule is CCN(CCO)C(C)C(=O)NC(=O)NC. The molecule has 3 N–H and O–H groups in total. The average Bonchev–Trinajstić information content (AvgIpc) is 2.24. The Balaban J connectivity index is 4.21. The van der Waals surface area contributed by atoms with Crippen LogP contribution >= 0.6 is 0 Å². The number of aliphatic hydroxyl groups is 1. The highest BCUT2D eigenvalue weighted by Gasteiger charge is 2.20. The molecule has 1 unspecified atom stereocenters. The van der Waals surface area contributed by atoms with Crippen molar-refractivity contribution in [3.63, 3.8) is 0 Å². The van der Waals surface area contributed by atoms with Gasteiger partial charge >= 0.3 is 6.03 Å². The van der Waals surface area contributed by atoms with Crippen LogP contribution in [0.4, 0.5) is 4.79 Å². The van der Waals surface area contributed by atoms with Gasteiger partial charge in [0, 0.05) is 13.6 Å². The van der Waals surface area contributed by atoms with E-state index in [1.54, 1.807) is 11.8 Å². The molecule has 6 nitrogen and oxygen atoms in total. The minimum atomic E-state index is -0.521. The maximum atomic E-state index is 11.5. The second-order valence-corrected chi connectivity index (χ2v) is 3.10. The Labute approximate surface area is 89.6 Å². The summed E-state index contributed by atoms with van der Waals surface area (Å²) in [5.74, 6) is -0.371. The highest BCUT2D eigenvalue weighted by Crippen LogP contribution is 1.97. The molecule has 3 amide bonds. The van der Waals surface area contributed by atoms with Gasteiger partial charge in [0.2, 0.25) is 5.91 Å². The number of imide groups is 1. The number of hydrogen-bond donors (Lipinski definition) is 3. The molecule has 0 aromatic carbocycles. The Morgan fingerprint density at radius 3 is 2.47 bits per heavy atom. The van der Waals surface area contributed by atoms with Crippen LogP contribution in [0.3, 0.4) is 0 Å². The second-order valence-electron chi connectivity index (χ2n) is 3.10. The summed E-state index contributed by atoms with van der Waals surface area (Å²) >= 11 is 0. The van der Waals surface area contributed by atoms with Crippen molar-refractivity contribution in [2.45, 2.75) is 19.9 Å². The van der Waals surface area contributed by atoms with Crippen LogP contribution in [0.2, 0.25) is 0 Å². The smallest absolute Gasteiger partial charge is 0.321 e. The van der Waals surface area contributed by atoms with Gasteiger partial charge in [0.25, 0.3) is 0 Å². The zero-order valence-electron chi connectivity index (χ0n) is 9.41. The van der Waals surface area contributed by atoms with E-state index in [0.29, 0.717) is 13.1 Å². The summed E-state index contributed by atoms with van der Waals surface area (Å²) in [6.45, 7) is 4.63. The van der Waals surface area contributed by atoms with Crippen LogP contribution < -0.4 is 10.6 Å². The monoisotopic (exact) mass is 217 g/mol. The second kappa shape index (κ2) is 7.19. The third-order valence-electron chi connectivity index (χ3n) is 2.18. The number of rotatable bonds is 5. The lowest BCUT2D eigenvalue weighted by Crippen LogP contribution is -2.49. The molecule has 0 aromatic rings. The fourth-order valence-electron chi connectivity index (χ4n) is 1.20. The molecule has 15 heavy (non-hydrogen) atoms. The number of nitrogens with zero attached hydrogens (tertiary/aromatic N) is 1. The molecular weight excluding hydrogens is 198 g/mol.